The van der Waals surface area contributed by atoms with Crippen molar-refractivity contribution in [2.24, 2.45) is 0 Å². The van der Waals surface area contributed by atoms with E-state index in [1.165, 1.54) is 7.11 Å². The van der Waals surface area contributed by atoms with Crippen molar-refractivity contribution in [1.29, 1.82) is 0 Å². The van der Waals surface area contributed by atoms with E-state index in [0.29, 0.717) is 32.2 Å². The van der Waals surface area contributed by atoms with Crippen LogP contribution in [0, 0.1) is 0 Å². The molecule has 0 aliphatic carbocycles. The standard InChI is InChI=1S/C14H25N3O3/c1-12(2)17-8-5-13(15-17)11-16(9-10-19-3)7-6-14(18)20-4/h5,8,12H,6-7,9-11H2,1-4H3. The topological polar surface area (TPSA) is 56.6 Å². The molecule has 1 aromatic rings. The van der Waals surface area contributed by atoms with Gasteiger partial charge in [-0.3, -0.25) is 14.4 Å². The lowest BCUT2D eigenvalue weighted by Crippen LogP contribution is -2.30. The third-order valence-electron chi connectivity index (χ3n) is 3.05. The summed E-state index contributed by atoms with van der Waals surface area (Å²) < 4.78 is 11.7. The molecule has 20 heavy (non-hydrogen) atoms. The summed E-state index contributed by atoms with van der Waals surface area (Å²) in [5.41, 5.74) is 1.000. The second-order valence-electron chi connectivity index (χ2n) is 4.98. The molecule has 0 fully saturated rings. The molecule has 0 N–H and O–H groups in total. The number of aromatic nitrogens is 2. The summed E-state index contributed by atoms with van der Waals surface area (Å²) in [4.78, 5) is 13.4. The van der Waals surface area contributed by atoms with Gasteiger partial charge in [0.1, 0.15) is 0 Å². The summed E-state index contributed by atoms with van der Waals surface area (Å²) in [7, 11) is 3.08. The summed E-state index contributed by atoms with van der Waals surface area (Å²) in [6.45, 7) is 6.94. The number of carbonyl (C=O) groups is 1. The van der Waals surface area contributed by atoms with Crippen molar-refractivity contribution in [2.75, 3.05) is 33.9 Å². The molecule has 0 aliphatic rings. The maximum Gasteiger partial charge on any atom is 0.306 e. The van der Waals surface area contributed by atoms with Gasteiger partial charge in [0.15, 0.2) is 0 Å². The Morgan fingerprint density at radius 1 is 1.40 bits per heavy atom. The molecule has 6 heteroatoms. The maximum absolute atomic E-state index is 11.2. The van der Waals surface area contributed by atoms with Gasteiger partial charge in [0.25, 0.3) is 0 Å². The van der Waals surface area contributed by atoms with E-state index in [9.17, 15) is 4.79 Å². The van der Waals surface area contributed by atoms with Gasteiger partial charge in [-0.05, 0) is 19.9 Å². The Balaban J connectivity index is 2.55. The van der Waals surface area contributed by atoms with E-state index in [1.807, 2.05) is 16.9 Å². The summed E-state index contributed by atoms with van der Waals surface area (Å²) in [6, 6.07) is 2.36. The fourth-order valence-electron chi connectivity index (χ4n) is 1.82. The Bertz CT molecular complexity index is 404. The summed E-state index contributed by atoms with van der Waals surface area (Å²) in [6.07, 6.45) is 2.36. The minimum absolute atomic E-state index is 0.194. The van der Waals surface area contributed by atoms with E-state index >= 15 is 0 Å². The van der Waals surface area contributed by atoms with Crippen LogP contribution in [0.2, 0.25) is 0 Å². The molecule has 0 amide bonds. The normalized spacial score (nSPS) is 11.3. The first-order valence-corrected chi connectivity index (χ1v) is 6.89. The minimum atomic E-state index is -0.194. The van der Waals surface area contributed by atoms with Crippen LogP contribution in [0.25, 0.3) is 0 Å². The van der Waals surface area contributed by atoms with Crippen LogP contribution >= 0.6 is 0 Å². The van der Waals surface area contributed by atoms with E-state index in [4.69, 9.17) is 4.74 Å². The molecule has 0 aliphatic heterocycles. The van der Waals surface area contributed by atoms with Crippen LogP contribution in [-0.2, 0) is 20.8 Å². The minimum Gasteiger partial charge on any atom is -0.469 e. The van der Waals surface area contributed by atoms with Gasteiger partial charge in [-0.2, -0.15) is 5.10 Å². The zero-order valence-corrected chi connectivity index (χ0v) is 12.8. The van der Waals surface area contributed by atoms with Crippen LogP contribution in [0.4, 0.5) is 0 Å². The van der Waals surface area contributed by atoms with E-state index in [0.717, 1.165) is 12.2 Å². The lowest BCUT2D eigenvalue weighted by molar-refractivity contribution is -0.141. The number of nitrogens with zero attached hydrogens (tertiary/aromatic N) is 3. The van der Waals surface area contributed by atoms with Crippen molar-refractivity contribution in [1.82, 2.24) is 14.7 Å². The highest BCUT2D eigenvalue weighted by Gasteiger charge is 2.11. The molecular weight excluding hydrogens is 258 g/mol. The lowest BCUT2D eigenvalue weighted by atomic mass is 10.3. The van der Waals surface area contributed by atoms with E-state index in [1.54, 1.807) is 7.11 Å². The molecule has 1 aromatic heterocycles. The highest BCUT2D eigenvalue weighted by molar-refractivity contribution is 5.69. The van der Waals surface area contributed by atoms with Crippen molar-refractivity contribution in [2.45, 2.75) is 32.9 Å². The van der Waals surface area contributed by atoms with Gasteiger partial charge in [-0.1, -0.05) is 0 Å². The fourth-order valence-corrected chi connectivity index (χ4v) is 1.82. The summed E-state index contributed by atoms with van der Waals surface area (Å²) in [5, 5.41) is 4.52. The average Bonchev–Trinajstić information content (AvgIpc) is 2.90. The number of esters is 1. The molecule has 0 aromatic carbocycles. The first-order chi connectivity index (χ1) is 9.56. The summed E-state index contributed by atoms with van der Waals surface area (Å²) in [5.74, 6) is -0.194. The molecule has 0 bridgehead atoms. The summed E-state index contributed by atoms with van der Waals surface area (Å²) >= 11 is 0. The Labute approximate surface area is 120 Å². The van der Waals surface area contributed by atoms with Crippen molar-refractivity contribution in [3.8, 4) is 0 Å². The van der Waals surface area contributed by atoms with Gasteiger partial charge >= 0.3 is 5.97 Å². The monoisotopic (exact) mass is 283 g/mol. The van der Waals surface area contributed by atoms with Crippen LogP contribution in [-0.4, -0.2) is 54.6 Å². The van der Waals surface area contributed by atoms with Crippen LogP contribution in [0.5, 0.6) is 0 Å². The highest BCUT2D eigenvalue weighted by Crippen LogP contribution is 2.07. The average molecular weight is 283 g/mol. The number of ether oxygens (including phenoxy) is 2. The lowest BCUT2D eigenvalue weighted by Gasteiger charge is -2.20. The number of rotatable bonds is 9. The number of hydrogen-bond donors (Lipinski definition) is 0. The van der Waals surface area contributed by atoms with Gasteiger partial charge < -0.3 is 9.47 Å². The van der Waals surface area contributed by atoms with Crippen molar-refractivity contribution in [3.05, 3.63) is 18.0 Å². The van der Waals surface area contributed by atoms with Crippen molar-refractivity contribution < 1.29 is 14.3 Å². The predicted octanol–water partition coefficient (Wildman–Crippen LogP) is 1.48. The smallest absolute Gasteiger partial charge is 0.306 e. The van der Waals surface area contributed by atoms with Gasteiger partial charge in [-0.15, -0.1) is 0 Å². The zero-order chi connectivity index (χ0) is 15.0. The Morgan fingerprint density at radius 3 is 2.70 bits per heavy atom. The van der Waals surface area contributed by atoms with E-state index < -0.39 is 0 Å². The Kier molecular flexibility index (Phi) is 7.25. The van der Waals surface area contributed by atoms with Crippen LogP contribution in [0.15, 0.2) is 12.3 Å². The highest BCUT2D eigenvalue weighted by atomic mass is 16.5. The first kappa shape index (κ1) is 16.7. The van der Waals surface area contributed by atoms with Crippen molar-refractivity contribution >= 4 is 5.97 Å². The number of carbonyl (C=O) groups excluding carboxylic acids is 1. The molecule has 0 atom stereocenters. The van der Waals surface area contributed by atoms with Crippen LogP contribution in [0.1, 0.15) is 32.0 Å². The molecule has 6 nitrogen and oxygen atoms in total. The predicted molar refractivity (Wildman–Crippen MR) is 76.4 cm³/mol. The molecule has 0 saturated heterocycles. The fraction of sp³-hybridized carbons (Fsp3) is 0.714. The number of methoxy groups -OCH3 is 2. The second kappa shape index (κ2) is 8.71. The van der Waals surface area contributed by atoms with E-state index in [2.05, 4.69) is 28.6 Å². The van der Waals surface area contributed by atoms with Gasteiger partial charge in [0.2, 0.25) is 0 Å². The van der Waals surface area contributed by atoms with Gasteiger partial charge in [0.05, 0.1) is 25.8 Å². The molecule has 0 radical (unpaired) electrons. The van der Waals surface area contributed by atoms with Crippen LogP contribution in [0.3, 0.4) is 0 Å². The molecule has 1 rings (SSSR count). The molecule has 0 spiro atoms. The molecule has 114 valence electrons. The SMILES string of the molecule is COCCN(CCC(=O)OC)Cc1ccn(C(C)C)n1. The third kappa shape index (κ3) is 5.71. The third-order valence-corrected chi connectivity index (χ3v) is 3.05. The Morgan fingerprint density at radius 2 is 2.15 bits per heavy atom. The Hall–Kier alpha value is -1.40. The zero-order valence-electron chi connectivity index (χ0n) is 12.8. The molecule has 1 heterocycles. The largest absolute Gasteiger partial charge is 0.469 e. The van der Waals surface area contributed by atoms with Gasteiger partial charge in [0, 0.05) is 39.0 Å². The van der Waals surface area contributed by atoms with Crippen LogP contribution < -0.4 is 0 Å². The van der Waals surface area contributed by atoms with Gasteiger partial charge in [-0.25, -0.2) is 0 Å². The quantitative estimate of drug-likeness (QED) is 0.642. The molecule has 0 saturated carbocycles. The maximum atomic E-state index is 11.2. The molecule has 0 unspecified atom stereocenters. The number of hydrogen-bond acceptors (Lipinski definition) is 5. The first-order valence-electron chi connectivity index (χ1n) is 6.89. The second-order valence-corrected chi connectivity index (χ2v) is 4.98. The van der Waals surface area contributed by atoms with E-state index in [-0.39, 0.29) is 5.97 Å². The molecular formula is C14H25N3O3. The van der Waals surface area contributed by atoms with Crippen molar-refractivity contribution in [3.63, 3.8) is 0 Å².